The van der Waals surface area contributed by atoms with E-state index in [4.69, 9.17) is 4.74 Å². The van der Waals surface area contributed by atoms with Gasteiger partial charge in [0.1, 0.15) is 6.10 Å². The van der Waals surface area contributed by atoms with Gasteiger partial charge in [0.05, 0.1) is 13.1 Å². The zero-order valence-corrected chi connectivity index (χ0v) is 16.9. The number of ether oxygens (including phenoxy) is 1. The van der Waals surface area contributed by atoms with Crippen molar-refractivity contribution in [2.75, 3.05) is 39.8 Å². The molecule has 0 radical (unpaired) electrons. The van der Waals surface area contributed by atoms with E-state index in [1.165, 1.54) is 0 Å². The third kappa shape index (κ3) is 5.45. The lowest BCUT2D eigenvalue weighted by Crippen LogP contribution is -2.45. The highest BCUT2D eigenvalue weighted by atomic mass is 127. The maximum Gasteiger partial charge on any atom is 0.241 e. The fourth-order valence-electron chi connectivity index (χ4n) is 3.17. The van der Waals surface area contributed by atoms with Crippen LogP contribution >= 0.6 is 24.0 Å². The summed E-state index contributed by atoms with van der Waals surface area (Å²) in [6.07, 6.45) is 4.95. The highest BCUT2D eigenvalue weighted by Crippen LogP contribution is 2.16. The topological polar surface area (TPSA) is 70.1 Å². The summed E-state index contributed by atoms with van der Waals surface area (Å²) >= 11 is 0. The van der Waals surface area contributed by atoms with Gasteiger partial charge in [0.2, 0.25) is 11.8 Å². The van der Waals surface area contributed by atoms with Gasteiger partial charge in [-0.1, -0.05) is 6.07 Å². The molecule has 1 atom stereocenters. The third-order valence-corrected chi connectivity index (χ3v) is 4.44. The molecule has 3 heterocycles. The number of hydrogen-bond donors (Lipinski definition) is 1. The molecule has 1 aromatic heterocycles. The maximum absolute atomic E-state index is 12.1. The van der Waals surface area contributed by atoms with Crippen LogP contribution in [-0.2, 0) is 4.79 Å². The molecule has 0 spiro atoms. The number of aromatic nitrogens is 1. The Morgan fingerprint density at radius 1 is 1.32 bits per heavy atom. The van der Waals surface area contributed by atoms with Crippen LogP contribution in [0.2, 0.25) is 0 Å². The number of carbonyl (C=O) groups is 1. The largest absolute Gasteiger partial charge is 0.472 e. The lowest BCUT2D eigenvalue weighted by molar-refractivity contribution is -0.128. The molecule has 8 heteroatoms. The monoisotopic (exact) mass is 459 g/mol. The third-order valence-electron chi connectivity index (χ3n) is 4.44. The Labute approximate surface area is 165 Å². The second-order valence-corrected chi connectivity index (χ2v) is 6.13. The number of likely N-dealkylation sites (tertiary alicyclic amines) is 2. The number of nitrogens with one attached hydrogen (secondary N) is 1. The second kappa shape index (κ2) is 9.79. The minimum atomic E-state index is 0. The number of hydrogen-bond acceptors (Lipinski definition) is 4. The quantitative estimate of drug-likeness (QED) is 0.419. The highest BCUT2D eigenvalue weighted by Gasteiger charge is 2.27. The summed E-state index contributed by atoms with van der Waals surface area (Å²) < 4.78 is 5.90. The van der Waals surface area contributed by atoms with Gasteiger partial charge >= 0.3 is 0 Å². The molecular formula is C17H26IN5O2. The number of guanidine groups is 1. The van der Waals surface area contributed by atoms with Gasteiger partial charge in [0, 0.05) is 45.4 Å². The van der Waals surface area contributed by atoms with E-state index < -0.39 is 0 Å². The fourth-order valence-corrected chi connectivity index (χ4v) is 3.17. The van der Waals surface area contributed by atoms with Crippen LogP contribution in [0.25, 0.3) is 0 Å². The Balaban J connectivity index is 0.00000225. The first kappa shape index (κ1) is 19.7. The predicted molar refractivity (Wildman–Crippen MR) is 107 cm³/mol. The van der Waals surface area contributed by atoms with Crippen LogP contribution in [0.5, 0.6) is 5.88 Å². The molecule has 25 heavy (non-hydrogen) atoms. The average Bonchev–Trinajstić information content (AvgIpc) is 3.28. The molecule has 2 fully saturated rings. The van der Waals surface area contributed by atoms with E-state index in [0.29, 0.717) is 12.4 Å². The molecule has 2 aliphatic heterocycles. The van der Waals surface area contributed by atoms with Gasteiger partial charge in [-0.05, 0) is 18.9 Å². The number of halogens is 1. The molecule has 1 N–H and O–H groups in total. The summed E-state index contributed by atoms with van der Waals surface area (Å²) in [5.74, 6) is 1.56. The highest BCUT2D eigenvalue weighted by molar-refractivity contribution is 14.0. The number of carbonyl (C=O) groups excluding carboxylic acids is 1. The van der Waals surface area contributed by atoms with Crippen molar-refractivity contribution in [1.29, 1.82) is 0 Å². The van der Waals surface area contributed by atoms with E-state index in [0.717, 1.165) is 51.4 Å². The van der Waals surface area contributed by atoms with Gasteiger partial charge in [0.25, 0.3) is 0 Å². The average molecular weight is 459 g/mol. The first-order valence-electron chi connectivity index (χ1n) is 8.57. The Hall–Kier alpha value is -1.58. The predicted octanol–water partition coefficient (Wildman–Crippen LogP) is 1.35. The molecule has 138 valence electrons. The van der Waals surface area contributed by atoms with Gasteiger partial charge in [-0.15, -0.1) is 24.0 Å². The summed E-state index contributed by atoms with van der Waals surface area (Å²) in [4.78, 5) is 24.7. The van der Waals surface area contributed by atoms with Crippen molar-refractivity contribution in [1.82, 2.24) is 20.1 Å². The van der Waals surface area contributed by atoms with Crippen LogP contribution in [0, 0.1) is 0 Å². The van der Waals surface area contributed by atoms with E-state index >= 15 is 0 Å². The zero-order chi connectivity index (χ0) is 16.8. The first-order valence-corrected chi connectivity index (χ1v) is 8.57. The van der Waals surface area contributed by atoms with Crippen LogP contribution in [0.4, 0.5) is 0 Å². The van der Waals surface area contributed by atoms with Crippen molar-refractivity contribution in [2.45, 2.75) is 25.4 Å². The molecule has 0 saturated carbocycles. The normalized spacial score (nSPS) is 20.4. The summed E-state index contributed by atoms with van der Waals surface area (Å²) in [7, 11) is 1.75. The van der Waals surface area contributed by atoms with Crippen molar-refractivity contribution in [3.05, 3.63) is 24.4 Å². The molecule has 1 amide bonds. The van der Waals surface area contributed by atoms with Crippen molar-refractivity contribution in [3.8, 4) is 5.88 Å². The summed E-state index contributed by atoms with van der Waals surface area (Å²) in [6, 6.07) is 5.65. The minimum Gasteiger partial charge on any atom is -0.472 e. The molecule has 7 nitrogen and oxygen atoms in total. The molecule has 2 saturated heterocycles. The summed E-state index contributed by atoms with van der Waals surface area (Å²) in [5.41, 5.74) is 0. The van der Waals surface area contributed by atoms with E-state index in [2.05, 4.69) is 20.2 Å². The Bertz CT molecular complexity index is 578. The lowest BCUT2D eigenvalue weighted by Gasteiger charge is -2.23. The smallest absolute Gasteiger partial charge is 0.241 e. The summed E-state index contributed by atoms with van der Waals surface area (Å²) in [5, 5.41) is 3.19. The molecule has 2 aliphatic rings. The van der Waals surface area contributed by atoms with E-state index in [1.54, 1.807) is 13.2 Å². The summed E-state index contributed by atoms with van der Waals surface area (Å²) in [6.45, 7) is 3.66. The van der Waals surface area contributed by atoms with Crippen LogP contribution in [-0.4, -0.2) is 72.5 Å². The molecule has 1 unspecified atom stereocenters. The standard InChI is InChI=1S/C17H25N5O2.HI/c1-18-17(20-12-16(23)21-9-4-5-10-21)22-11-7-14(13-22)24-15-6-2-3-8-19-15;/h2-3,6,8,14H,4-5,7,9-13H2,1H3,(H,18,20);1H. The lowest BCUT2D eigenvalue weighted by atomic mass is 10.3. The molecule has 0 bridgehead atoms. The maximum atomic E-state index is 12.1. The van der Waals surface area contributed by atoms with Gasteiger partial charge in [-0.3, -0.25) is 9.79 Å². The van der Waals surface area contributed by atoms with Gasteiger partial charge in [-0.2, -0.15) is 0 Å². The fraction of sp³-hybridized carbons (Fsp3) is 0.588. The molecular weight excluding hydrogens is 433 g/mol. The molecule has 0 aromatic carbocycles. The van der Waals surface area contributed by atoms with Crippen LogP contribution < -0.4 is 10.1 Å². The van der Waals surface area contributed by atoms with Crippen molar-refractivity contribution < 1.29 is 9.53 Å². The number of rotatable bonds is 4. The zero-order valence-electron chi connectivity index (χ0n) is 14.6. The van der Waals surface area contributed by atoms with Gasteiger partial charge in [-0.25, -0.2) is 4.98 Å². The SMILES string of the molecule is CN=C(NCC(=O)N1CCCC1)N1CCC(Oc2ccccn2)C1.I. The van der Waals surface area contributed by atoms with Crippen molar-refractivity contribution >= 4 is 35.8 Å². The Morgan fingerprint density at radius 3 is 2.80 bits per heavy atom. The molecule has 3 rings (SSSR count). The van der Waals surface area contributed by atoms with Crippen molar-refractivity contribution in [2.24, 2.45) is 4.99 Å². The van der Waals surface area contributed by atoms with Crippen molar-refractivity contribution in [3.63, 3.8) is 0 Å². The Morgan fingerprint density at radius 2 is 2.12 bits per heavy atom. The van der Waals surface area contributed by atoms with Crippen LogP contribution in [0.15, 0.2) is 29.4 Å². The molecule has 0 aliphatic carbocycles. The van der Waals surface area contributed by atoms with Crippen LogP contribution in [0.1, 0.15) is 19.3 Å². The number of pyridine rings is 1. The van der Waals surface area contributed by atoms with E-state index in [1.807, 2.05) is 23.1 Å². The Kier molecular flexibility index (Phi) is 7.73. The van der Waals surface area contributed by atoms with E-state index in [9.17, 15) is 4.79 Å². The number of aliphatic imine (C=N–C) groups is 1. The first-order chi connectivity index (χ1) is 11.8. The second-order valence-electron chi connectivity index (χ2n) is 6.13. The van der Waals surface area contributed by atoms with Crippen LogP contribution in [0.3, 0.4) is 0 Å². The minimum absolute atomic E-state index is 0. The molecule has 1 aromatic rings. The van der Waals surface area contributed by atoms with Gasteiger partial charge in [0.15, 0.2) is 5.96 Å². The van der Waals surface area contributed by atoms with Gasteiger partial charge < -0.3 is 19.9 Å². The number of nitrogens with zero attached hydrogens (tertiary/aromatic N) is 4. The van der Waals surface area contributed by atoms with E-state index in [-0.39, 0.29) is 36.0 Å². The number of amides is 1.